The number of anilines is 1. The van der Waals surface area contributed by atoms with Gasteiger partial charge in [-0.1, -0.05) is 41.9 Å². The predicted octanol–water partition coefficient (Wildman–Crippen LogP) is 6.16. The van der Waals surface area contributed by atoms with Crippen LogP contribution in [0.3, 0.4) is 0 Å². The van der Waals surface area contributed by atoms with Crippen molar-refractivity contribution in [1.82, 2.24) is 19.6 Å². The summed E-state index contributed by atoms with van der Waals surface area (Å²) in [5, 5.41) is 3.98. The van der Waals surface area contributed by atoms with Crippen molar-refractivity contribution in [3.8, 4) is 33.5 Å². The fourth-order valence-electron chi connectivity index (χ4n) is 3.97. The van der Waals surface area contributed by atoms with Gasteiger partial charge in [0.25, 0.3) is 5.56 Å². The number of nitrogens with one attached hydrogen (secondary N) is 1. The molecule has 0 atom stereocenters. The molecular formula is C26H19ClF3N5O. The lowest BCUT2D eigenvalue weighted by molar-refractivity contribution is -0.140. The second-order valence-electron chi connectivity index (χ2n) is 8.39. The van der Waals surface area contributed by atoms with Crippen LogP contribution in [0.1, 0.15) is 5.69 Å². The second-order valence-corrected chi connectivity index (χ2v) is 8.83. The molecule has 0 fully saturated rings. The minimum Gasteiger partial charge on any atom is -0.363 e. The number of hydrogen-bond acceptors (Lipinski definition) is 4. The van der Waals surface area contributed by atoms with Gasteiger partial charge >= 0.3 is 6.18 Å². The number of halogens is 4. The number of nitrogens with zero attached hydrogens (tertiary/aromatic N) is 4. The van der Waals surface area contributed by atoms with Gasteiger partial charge in [0.2, 0.25) is 0 Å². The van der Waals surface area contributed by atoms with E-state index in [0.29, 0.717) is 16.3 Å². The molecule has 10 heteroatoms. The molecule has 0 spiro atoms. The van der Waals surface area contributed by atoms with E-state index in [4.69, 9.17) is 11.6 Å². The van der Waals surface area contributed by atoms with Gasteiger partial charge in [-0.05, 0) is 47.0 Å². The summed E-state index contributed by atoms with van der Waals surface area (Å²) < 4.78 is 42.4. The van der Waals surface area contributed by atoms with Crippen LogP contribution in [0.25, 0.3) is 39.2 Å². The zero-order valence-electron chi connectivity index (χ0n) is 19.1. The maximum atomic E-state index is 13.9. The van der Waals surface area contributed by atoms with Crippen LogP contribution >= 0.6 is 11.6 Å². The van der Waals surface area contributed by atoms with Crippen molar-refractivity contribution in [1.29, 1.82) is 0 Å². The molecule has 1 N–H and O–H groups in total. The maximum absolute atomic E-state index is 13.9. The average Bonchev–Trinajstić information content (AvgIpc) is 3.25. The van der Waals surface area contributed by atoms with Gasteiger partial charge in [0, 0.05) is 36.9 Å². The highest BCUT2D eigenvalue weighted by atomic mass is 35.5. The molecule has 3 heterocycles. The molecule has 36 heavy (non-hydrogen) atoms. The Morgan fingerprint density at radius 2 is 1.61 bits per heavy atom. The van der Waals surface area contributed by atoms with Gasteiger partial charge in [0.15, 0.2) is 5.69 Å². The second kappa shape index (κ2) is 8.83. The number of pyridine rings is 1. The van der Waals surface area contributed by atoms with Crippen molar-refractivity contribution in [2.24, 2.45) is 0 Å². The van der Waals surface area contributed by atoms with Crippen LogP contribution in [0.5, 0.6) is 0 Å². The molecule has 182 valence electrons. The number of benzene rings is 2. The third-order valence-electron chi connectivity index (χ3n) is 5.73. The largest absolute Gasteiger partial charge is 0.435 e. The molecule has 0 unspecified atom stereocenters. The number of fused-ring (bicyclic) bond motifs is 1. The van der Waals surface area contributed by atoms with Crippen molar-refractivity contribution in [3.05, 3.63) is 94.0 Å². The molecule has 6 nitrogen and oxygen atoms in total. The third-order valence-corrected chi connectivity index (χ3v) is 5.98. The number of aromatic nitrogens is 4. The van der Waals surface area contributed by atoms with Crippen molar-refractivity contribution in [3.63, 3.8) is 0 Å². The standard InChI is InChI=1S/C26H19ClF3N5O/c1-34(2)21-11-8-18(14-31-21)16-4-3-5-17(12-16)20-13-22(36)35-25(32-20)23(24(33-35)26(28,29)30)15-6-9-19(27)10-7-15/h3-14,32H,1-2H3. The Kier molecular flexibility index (Phi) is 5.80. The van der Waals surface area contributed by atoms with Gasteiger partial charge in [-0.25, -0.2) is 4.98 Å². The summed E-state index contributed by atoms with van der Waals surface area (Å²) in [6.07, 6.45) is -3.03. The predicted molar refractivity (Wildman–Crippen MR) is 134 cm³/mol. The van der Waals surface area contributed by atoms with E-state index < -0.39 is 17.4 Å². The number of aromatic amines is 1. The number of alkyl halides is 3. The third kappa shape index (κ3) is 4.33. The topological polar surface area (TPSA) is 66.3 Å². The van der Waals surface area contributed by atoms with Crippen molar-refractivity contribution < 1.29 is 13.2 Å². The molecule has 0 saturated heterocycles. The fraction of sp³-hybridized carbons (Fsp3) is 0.115. The Labute approximate surface area is 208 Å². The van der Waals surface area contributed by atoms with E-state index in [0.717, 1.165) is 21.5 Å². The number of H-pyrrole nitrogens is 1. The van der Waals surface area contributed by atoms with Crippen molar-refractivity contribution >= 4 is 23.1 Å². The van der Waals surface area contributed by atoms with Crippen LogP contribution in [0.4, 0.5) is 19.0 Å². The summed E-state index contributed by atoms with van der Waals surface area (Å²) in [6, 6.07) is 18.3. The first-order chi connectivity index (χ1) is 17.1. The molecule has 0 aliphatic heterocycles. The van der Waals surface area contributed by atoms with E-state index in [-0.39, 0.29) is 16.8 Å². The van der Waals surface area contributed by atoms with Gasteiger partial charge < -0.3 is 9.88 Å². The van der Waals surface area contributed by atoms with Crippen LogP contribution in [-0.2, 0) is 6.18 Å². The van der Waals surface area contributed by atoms with Gasteiger partial charge in [0.1, 0.15) is 11.5 Å². The van der Waals surface area contributed by atoms with E-state index in [2.05, 4.69) is 15.1 Å². The average molecular weight is 510 g/mol. The molecule has 0 aliphatic rings. The zero-order chi connectivity index (χ0) is 25.6. The van der Waals surface area contributed by atoms with E-state index in [1.165, 1.54) is 30.3 Å². The molecule has 0 radical (unpaired) electrons. The Morgan fingerprint density at radius 3 is 2.25 bits per heavy atom. The highest BCUT2D eigenvalue weighted by Crippen LogP contribution is 2.39. The van der Waals surface area contributed by atoms with E-state index in [9.17, 15) is 18.0 Å². The molecule has 0 aliphatic carbocycles. The van der Waals surface area contributed by atoms with E-state index in [1.54, 1.807) is 12.3 Å². The lowest BCUT2D eigenvalue weighted by Crippen LogP contribution is -2.15. The minimum absolute atomic E-state index is 0.0606. The number of rotatable bonds is 4. The van der Waals surface area contributed by atoms with Crippen molar-refractivity contribution in [2.75, 3.05) is 19.0 Å². The zero-order valence-corrected chi connectivity index (χ0v) is 19.9. The van der Waals surface area contributed by atoms with E-state index in [1.807, 2.05) is 49.3 Å². The van der Waals surface area contributed by atoms with Crippen LogP contribution in [-0.4, -0.2) is 33.7 Å². The highest BCUT2D eigenvalue weighted by Gasteiger charge is 2.39. The first-order valence-corrected chi connectivity index (χ1v) is 11.2. The fourth-order valence-corrected chi connectivity index (χ4v) is 4.10. The SMILES string of the molecule is CN(C)c1ccc(-c2cccc(-c3cc(=O)n4nc(C(F)(F)F)c(-c5ccc(Cl)cc5)c4[nH]3)c2)cn1. The first kappa shape index (κ1) is 23.6. The molecule has 0 bridgehead atoms. The molecular weight excluding hydrogens is 491 g/mol. The molecule has 3 aromatic heterocycles. The molecule has 0 amide bonds. The van der Waals surface area contributed by atoms with Gasteiger partial charge in [-0.15, -0.1) is 0 Å². The Balaban J connectivity index is 1.67. The molecule has 5 rings (SSSR count). The summed E-state index contributed by atoms with van der Waals surface area (Å²) in [4.78, 5) is 22.2. The van der Waals surface area contributed by atoms with Crippen LogP contribution < -0.4 is 10.5 Å². The van der Waals surface area contributed by atoms with Gasteiger partial charge in [-0.2, -0.15) is 22.8 Å². The highest BCUT2D eigenvalue weighted by molar-refractivity contribution is 6.30. The van der Waals surface area contributed by atoms with Gasteiger partial charge in [-0.3, -0.25) is 4.79 Å². The van der Waals surface area contributed by atoms with Crippen molar-refractivity contribution in [2.45, 2.75) is 6.18 Å². The summed E-state index contributed by atoms with van der Waals surface area (Å²) >= 11 is 5.93. The summed E-state index contributed by atoms with van der Waals surface area (Å²) in [5.74, 6) is 0.806. The maximum Gasteiger partial charge on any atom is 0.435 e. The Hall–Kier alpha value is -4.11. The summed E-state index contributed by atoms with van der Waals surface area (Å²) in [5.41, 5.74) is 0.784. The molecule has 5 aromatic rings. The Morgan fingerprint density at radius 1 is 0.917 bits per heavy atom. The summed E-state index contributed by atoms with van der Waals surface area (Å²) in [7, 11) is 3.79. The lowest BCUT2D eigenvalue weighted by atomic mass is 10.0. The monoisotopic (exact) mass is 509 g/mol. The first-order valence-electron chi connectivity index (χ1n) is 10.9. The molecule has 2 aromatic carbocycles. The van der Waals surface area contributed by atoms with Crippen LogP contribution in [0.2, 0.25) is 5.02 Å². The van der Waals surface area contributed by atoms with Crippen LogP contribution in [0, 0.1) is 0 Å². The minimum atomic E-state index is -4.77. The van der Waals surface area contributed by atoms with E-state index >= 15 is 0 Å². The lowest BCUT2D eigenvalue weighted by Gasteiger charge is -2.12. The molecule has 0 saturated carbocycles. The number of hydrogen-bond donors (Lipinski definition) is 1. The summed E-state index contributed by atoms with van der Waals surface area (Å²) in [6.45, 7) is 0. The normalized spacial score (nSPS) is 11.7. The van der Waals surface area contributed by atoms with Crippen LogP contribution in [0.15, 0.2) is 77.7 Å². The quantitative estimate of drug-likeness (QED) is 0.315. The smallest absolute Gasteiger partial charge is 0.363 e. The Bertz CT molecular complexity index is 1620. The van der Waals surface area contributed by atoms with Gasteiger partial charge in [0.05, 0.1) is 11.3 Å².